The molecule has 0 bridgehead atoms. The molecule has 106 valence electrons. The van der Waals surface area contributed by atoms with E-state index >= 15 is 0 Å². The fourth-order valence-corrected chi connectivity index (χ4v) is 3.15. The molecule has 2 heterocycles. The fraction of sp³-hybridized carbons (Fsp3) is 0.0909. The lowest BCUT2D eigenvalue weighted by atomic mass is 10.4. The van der Waals surface area contributed by atoms with Crippen molar-refractivity contribution in [1.82, 2.24) is 9.97 Å². The van der Waals surface area contributed by atoms with Crippen LogP contribution in [0.3, 0.4) is 0 Å². The van der Waals surface area contributed by atoms with E-state index in [2.05, 4.69) is 30.6 Å². The highest BCUT2D eigenvalue weighted by Crippen LogP contribution is 2.22. The summed E-state index contributed by atoms with van der Waals surface area (Å²) in [5.41, 5.74) is 0.302. The lowest BCUT2D eigenvalue weighted by molar-refractivity contribution is 0.0692. The number of nitrogens with zero attached hydrogens (tertiary/aromatic N) is 1. The summed E-state index contributed by atoms with van der Waals surface area (Å²) < 4.78 is 27.1. The van der Waals surface area contributed by atoms with Crippen molar-refractivity contribution in [1.29, 1.82) is 0 Å². The molecule has 0 fully saturated rings. The molecule has 2 aromatic rings. The predicted octanol–water partition coefficient (Wildman–Crippen LogP) is 1.98. The van der Waals surface area contributed by atoms with Gasteiger partial charge in [0.15, 0.2) is 0 Å². The van der Waals surface area contributed by atoms with Gasteiger partial charge in [0.1, 0.15) is 10.6 Å². The summed E-state index contributed by atoms with van der Waals surface area (Å²) in [4.78, 5) is 17.3. The molecule has 0 spiro atoms. The van der Waals surface area contributed by atoms with E-state index in [-0.39, 0.29) is 16.3 Å². The maximum absolute atomic E-state index is 12.2. The number of aryl methyl sites for hydroxylation is 1. The molecule has 2 aromatic heterocycles. The van der Waals surface area contributed by atoms with Gasteiger partial charge >= 0.3 is 5.97 Å². The number of halogens is 1. The van der Waals surface area contributed by atoms with Crippen LogP contribution < -0.4 is 4.72 Å². The number of carbonyl (C=O) groups is 1. The molecule has 0 aliphatic carbocycles. The molecule has 20 heavy (non-hydrogen) atoms. The highest BCUT2D eigenvalue weighted by molar-refractivity contribution is 9.10. The molecular formula is C11H10BrN3O4S. The average Bonchev–Trinajstić information content (AvgIpc) is 2.69. The van der Waals surface area contributed by atoms with Crippen molar-refractivity contribution in [2.75, 3.05) is 4.72 Å². The van der Waals surface area contributed by atoms with Crippen LogP contribution in [0, 0.1) is 6.92 Å². The van der Waals surface area contributed by atoms with Gasteiger partial charge in [-0.1, -0.05) is 0 Å². The van der Waals surface area contributed by atoms with Gasteiger partial charge in [-0.2, -0.15) is 0 Å². The Balaban J connectivity index is 2.41. The van der Waals surface area contributed by atoms with Crippen LogP contribution in [-0.2, 0) is 10.0 Å². The average molecular weight is 360 g/mol. The lowest BCUT2D eigenvalue weighted by Crippen LogP contribution is -2.15. The van der Waals surface area contributed by atoms with E-state index in [9.17, 15) is 13.2 Å². The highest BCUT2D eigenvalue weighted by Gasteiger charge is 2.20. The van der Waals surface area contributed by atoms with E-state index in [1.807, 2.05) is 0 Å². The second kappa shape index (κ2) is 5.25. The van der Waals surface area contributed by atoms with Gasteiger partial charge in [0.2, 0.25) is 0 Å². The number of carboxylic acids is 1. The van der Waals surface area contributed by atoms with Gasteiger partial charge in [0.25, 0.3) is 10.0 Å². The number of hydrogen-bond acceptors (Lipinski definition) is 4. The topological polar surface area (TPSA) is 112 Å². The summed E-state index contributed by atoms with van der Waals surface area (Å²) in [5.74, 6) is -1.25. The molecule has 0 radical (unpaired) electrons. The Morgan fingerprint density at radius 1 is 1.40 bits per heavy atom. The number of aromatic amines is 1. The Kier molecular flexibility index (Phi) is 3.82. The number of anilines is 1. The van der Waals surface area contributed by atoms with Gasteiger partial charge in [-0.05, 0) is 35.0 Å². The summed E-state index contributed by atoms with van der Waals surface area (Å²) in [6.07, 6.45) is 2.62. The molecule has 0 aliphatic heterocycles. The van der Waals surface area contributed by atoms with Gasteiger partial charge in [-0.25, -0.2) is 13.2 Å². The minimum absolute atomic E-state index is 0.0185. The van der Waals surface area contributed by atoms with E-state index < -0.39 is 16.0 Å². The summed E-state index contributed by atoms with van der Waals surface area (Å²) in [6, 6.07) is 2.78. The first-order chi connectivity index (χ1) is 9.29. The zero-order valence-electron chi connectivity index (χ0n) is 10.2. The summed E-state index contributed by atoms with van der Waals surface area (Å²) in [7, 11) is -3.90. The van der Waals surface area contributed by atoms with Crippen LogP contribution in [0.1, 0.15) is 16.2 Å². The number of rotatable bonds is 4. The molecule has 0 aromatic carbocycles. The third kappa shape index (κ3) is 2.99. The van der Waals surface area contributed by atoms with E-state index in [0.29, 0.717) is 10.2 Å². The van der Waals surface area contributed by atoms with Crippen molar-refractivity contribution in [3.63, 3.8) is 0 Å². The van der Waals surface area contributed by atoms with Crippen LogP contribution >= 0.6 is 15.9 Å². The second-order valence-electron chi connectivity index (χ2n) is 3.99. The Morgan fingerprint density at radius 3 is 2.70 bits per heavy atom. The second-order valence-corrected chi connectivity index (χ2v) is 6.59. The van der Waals surface area contributed by atoms with Gasteiger partial charge in [-0.3, -0.25) is 9.71 Å². The van der Waals surface area contributed by atoms with Gasteiger partial charge in [0, 0.05) is 22.6 Å². The number of nitrogens with one attached hydrogen (secondary N) is 2. The Morgan fingerprint density at radius 2 is 2.10 bits per heavy atom. The maximum Gasteiger partial charge on any atom is 0.354 e. The van der Waals surface area contributed by atoms with Crippen molar-refractivity contribution in [3.05, 3.63) is 40.4 Å². The van der Waals surface area contributed by atoms with Crippen molar-refractivity contribution in [2.24, 2.45) is 0 Å². The molecule has 3 N–H and O–H groups in total. The Bertz CT molecular complexity index is 770. The minimum Gasteiger partial charge on any atom is -0.477 e. The zero-order chi connectivity index (χ0) is 14.9. The van der Waals surface area contributed by atoms with Crippen molar-refractivity contribution in [2.45, 2.75) is 11.8 Å². The van der Waals surface area contributed by atoms with Crippen molar-refractivity contribution >= 4 is 37.6 Å². The fourth-order valence-electron chi connectivity index (χ4n) is 1.58. The largest absolute Gasteiger partial charge is 0.477 e. The lowest BCUT2D eigenvalue weighted by Gasteiger charge is -2.07. The molecule has 9 heteroatoms. The molecule has 0 unspecified atom stereocenters. The smallest absolute Gasteiger partial charge is 0.354 e. The predicted molar refractivity (Wildman–Crippen MR) is 75.2 cm³/mol. The van der Waals surface area contributed by atoms with Crippen molar-refractivity contribution in [3.8, 4) is 0 Å². The highest BCUT2D eigenvalue weighted by atomic mass is 79.9. The van der Waals surface area contributed by atoms with Crippen LogP contribution in [0.4, 0.5) is 5.69 Å². The normalized spacial score (nSPS) is 11.3. The first-order valence-corrected chi connectivity index (χ1v) is 7.63. The van der Waals surface area contributed by atoms with Gasteiger partial charge in [-0.15, -0.1) is 0 Å². The first-order valence-electron chi connectivity index (χ1n) is 5.36. The maximum atomic E-state index is 12.2. The molecular weight excluding hydrogens is 350 g/mol. The number of carboxylic acid groups (broad SMARTS) is 1. The number of pyridine rings is 1. The van der Waals surface area contributed by atoms with Gasteiger partial charge < -0.3 is 10.1 Å². The number of sulfonamides is 1. The zero-order valence-corrected chi connectivity index (χ0v) is 12.6. The molecule has 7 nitrogen and oxygen atoms in total. The Hall–Kier alpha value is -1.87. The quantitative estimate of drug-likeness (QED) is 0.772. The molecule has 0 amide bonds. The monoisotopic (exact) mass is 359 g/mol. The van der Waals surface area contributed by atoms with E-state index in [0.717, 1.165) is 0 Å². The van der Waals surface area contributed by atoms with Gasteiger partial charge in [0.05, 0.1) is 5.69 Å². The molecule has 2 rings (SSSR count). The molecule has 0 saturated heterocycles. The molecule has 0 saturated carbocycles. The number of hydrogen-bond donors (Lipinski definition) is 3. The van der Waals surface area contributed by atoms with Crippen LogP contribution in [0.15, 0.2) is 33.9 Å². The van der Waals surface area contributed by atoms with Crippen LogP contribution in [0.25, 0.3) is 0 Å². The molecule has 0 atom stereocenters. The van der Waals surface area contributed by atoms with Crippen LogP contribution in [0.5, 0.6) is 0 Å². The summed E-state index contributed by atoms with van der Waals surface area (Å²) >= 11 is 3.13. The third-order valence-electron chi connectivity index (χ3n) is 2.40. The minimum atomic E-state index is -3.90. The number of aromatic carboxylic acids is 1. The van der Waals surface area contributed by atoms with E-state index in [1.54, 1.807) is 6.92 Å². The van der Waals surface area contributed by atoms with E-state index in [1.165, 1.54) is 24.5 Å². The van der Waals surface area contributed by atoms with Crippen LogP contribution in [0.2, 0.25) is 0 Å². The number of H-pyrrole nitrogens is 1. The summed E-state index contributed by atoms with van der Waals surface area (Å²) in [5, 5.41) is 9.00. The van der Waals surface area contributed by atoms with Crippen LogP contribution in [-0.4, -0.2) is 29.5 Å². The van der Waals surface area contributed by atoms with Crippen molar-refractivity contribution < 1.29 is 18.3 Å². The SMILES string of the molecule is Cc1cc(NS(=O)(=O)c2cncc(Br)c2)c(C(=O)O)[nH]1. The number of aromatic nitrogens is 2. The molecule has 0 aliphatic rings. The first kappa shape index (κ1) is 14.5. The standard InChI is InChI=1S/C11H10BrN3O4S/c1-6-2-9(10(14-6)11(16)17)15-20(18,19)8-3-7(12)4-13-5-8/h2-5,14-15H,1H3,(H,16,17). The third-order valence-corrected chi connectivity index (χ3v) is 4.17. The summed E-state index contributed by atoms with van der Waals surface area (Å²) in [6.45, 7) is 1.63. The van der Waals surface area contributed by atoms with E-state index in [4.69, 9.17) is 5.11 Å². The Labute approximate surface area is 123 Å².